The predicted molar refractivity (Wildman–Crippen MR) is 127 cm³/mol. The van der Waals surface area contributed by atoms with Crippen LogP contribution in [0.2, 0.25) is 0 Å². The van der Waals surface area contributed by atoms with Gasteiger partial charge < -0.3 is 14.2 Å². The number of rotatable bonds is 7. The van der Waals surface area contributed by atoms with Gasteiger partial charge in [0.15, 0.2) is 0 Å². The summed E-state index contributed by atoms with van der Waals surface area (Å²) in [6, 6.07) is 25.5. The summed E-state index contributed by atoms with van der Waals surface area (Å²) in [5.41, 5.74) is 4.47. The topological polar surface area (TPSA) is 60.9 Å². The molecule has 1 aliphatic rings. The standard InChI is InChI=1S/C27H24N2O4/c1-19-25(18-32-22-11-7-10-21(16-22)29-14-15-31-27(29)30)28-24-13-6-5-12-23(24)26(19)33-17-20-8-3-2-4-9-20/h2-13,16H,14-15,17-18H2,1H3. The lowest BCUT2D eigenvalue weighted by Gasteiger charge is -2.17. The third-order valence-electron chi connectivity index (χ3n) is 5.67. The molecular formula is C27H24N2O4. The van der Waals surface area contributed by atoms with Crippen molar-refractivity contribution in [2.75, 3.05) is 18.1 Å². The molecule has 166 valence electrons. The van der Waals surface area contributed by atoms with Crippen molar-refractivity contribution in [2.45, 2.75) is 20.1 Å². The Bertz CT molecular complexity index is 1290. The first-order valence-electron chi connectivity index (χ1n) is 10.9. The molecule has 0 bridgehead atoms. The van der Waals surface area contributed by atoms with Crippen LogP contribution < -0.4 is 14.4 Å². The van der Waals surface area contributed by atoms with Crippen LogP contribution in [0.15, 0.2) is 78.9 Å². The number of hydrogen-bond donors (Lipinski definition) is 0. The fraction of sp³-hybridized carbons (Fsp3) is 0.185. The Morgan fingerprint density at radius 1 is 0.939 bits per heavy atom. The number of nitrogens with zero attached hydrogens (tertiary/aromatic N) is 2. The number of carbonyl (C=O) groups is 1. The molecule has 33 heavy (non-hydrogen) atoms. The molecule has 4 aromatic rings. The second kappa shape index (κ2) is 9.20. The zero-order valence-corrected chi connectivity index (χ0v) is 18.4. The molecule has 0 unspecified atom stereocenters. The number of benzene rings is 3. The van der Waals surface area contributed by atoms with Crippen molar-refractivity contribution in [3.8, 4) is 11.5 Å². The number of hydrogen-bond acceptors (Lipinski definition) is 5. The maximum absolute atomic E-state index is 11.9. The van der Waals surface area contributed by atoms with Gasteiger partial charge in [0.05, 0.1) is 23.4 Å². The SMILES string of the molecule is Cc1c(COc2cccc(N3CCOC3=O)c2)nc2ccccc2c1OCc1ccccc1. The molecule has 0 radical (unpaired) electrons. The van der Waals surface area contributed by atoms with Gasteiger partial charge in [0.1, 0.15) is 31.3 Å². The molecule has 6 heteroatoms. The van der Waals surface area contributed by atoms with E-state index in [1.54, 1.807) is 4.90 Å². The van der Waals surface area contributed by atoms with Gasteiger partial charge in [-0.15, -0.1) is 0 Å². The Kier molecular flexibility index (Phi) is 5.81. The Morgan fingerprint density at radius 3 is 2.58 bits per heavy atom. The number of cyclic esters (lactones) is 1. The van der Waals surface area contributed by atoms with Gasteiger partial charge in [-0.1, -0.05) is 48.5 Å². The first kappa shape index (κ1) is 20.8. The first-order valence-corrected chi connectivity index (χ1v) is 10.9. The van der Waals surface area contributed by atoms with E-state index in [0.29, 0.717) is 25.5 Å². The van der Waals surface area contributed by atoms with Crippen LogP contribution in [0.3, 0.4) is 0 Å². The van der Waals surface area contributed by atoms with Gasteiger partial charge in [0.25, 0.3) is 0 Å². The van der Waals surface area contributed by atoms with Crippen molar-refractivity contribution >= 4 is 22.7 Å². The molecule has 0 N–H and O–H groups in total. The van der Waals surface area contributed by atoms with Crippen molar-refractivity contribution in [3.63, 3.8) is 0 Å². The summed E-state index contributed by atoms with van der Waals surface area (Å²) < 4.78 is 17.4. The van der Waals surface area contributed by atoms with Gasteiger partial charge in [-0.2, -0.15) is 0 Å². The summed E-state index contributed by atoms with van der Waals surface area (Å²) in [6.07, 6.45) is -0.334. The van der Waals surface area contributed by atoms with Crippen LogP contribution in [0, 0.1) is 6.92 Å². The molecule has 0 spiro atoms. The highest BCUT2D eigenvalue weighted by Gasteiger charge is 2.23. The van der Waals surface area contributed by atoms with Gasteiger partial charge in [-0.3, -0.25) is 4.90 Å². The molecule has 2 heterocycles. The van der Waals surface area contributed by atoms with Crippen LogP contribution in [0.25, 0.3) is 10.9 Å². The zero-order chi connectivity index (χ0) is 22.6. The molecule has 0 saturated carbocycles. The maximum atomic E-state index is 11.9. The normalized spacial score (nSPS) is 13.2. The number of aromatic nitrogens is 1. The van der Waals surface area contributed by atoms with Crippen LogP contribution in [0.1, 0.15) is 16.8 Å². The number of ether oxygens (including phenoxy) is 3. The first-order chi connectivity index (χ1) is 16.2. The van der Waals surface area contributed by atoms with Crippen molar-refractivity contribution < 1.29 is 19.0 Å². The molecule has 1 saturated heterocycles. The van der Waals surface area contributed by atoms with Crippen LogP contribution in [0.4, 0.5) is 10.5 Å². The Hall–Kier alpha value is -4.06. The van der Waals surface area contributed by atoms with E-state index in [1.165, 1.54) is 0 Å². The minimum absolute atomic E-state index is 0.284. The van der Waals surface area contributed by atoms with Crippen molar-refractivity contribution in [2.24, 2.45) is 0 Å². The molecule has 1 fully saturated rings. The van der Waals surface area contributed by atoms with E-state index >= 15 is 0 Å². The molecule has 1 aliphatic heterocycles. The van der Waals surface area contributed by atoms with E-state index in [9.17, 15) is 4.79 Å². The minimum Gasteiger partial charge on any atom is -0.488 e. The monoisotopic (exact) mass is 440 g/mol. The fourth-order valence-corrected chi connectivity index (χ4v) is 3.90. The number of carbonyl (C=O) groups excluding carboxylic acids is 1. The molecule has 1 amide bonds. The van der Waals surface area contributed by atoms with Crippen LogP contribution in [-0.2, 0) is 18.0 Å². The van der Waals surface area contributed by atoms with Gasteiger partial charge in [0.2, 0.25) is 0 Å². The minimum atomic E-state index is -0.334. The lowest BCUT2D eigenvalue weighted by molar-refractivity contribution is 0.181. The summed E-state index contributed by atoms with van der Waals surface area (Å²) in [6.45, 7) is 3.71. The number of para-hydroxylation sites is 1. The number of fused-ring (bicyclic) bond motifs is 1. The van der Waals surface area contributed by atoms with Crippen molar-refractivity contribution in [1.29, 1.82) is 0 Å². The van der Waals surface area contributed by atoms with E-state index in [0.717, 1.165) is 39.2 Å². The number of amides is 1. The zero-order valence-electron chi connectivity index (χ0n) is 18.4. The molecule has 6 nitrogen and oxygen atoms in total. The highest BCUT2D eigenvalue weighted by molar-refractivity contribution is 5.89. The molecular weight excluding hydrogens is 416 g/mol. The fourth-order valence-electron chi connectivity index (χ4n) is 3.90. The third kappa shape index (κ3) is 4.46. The van der Waals surface area contributed by atoms with Crippen molar-refractivity contribution in [1.82, 2.24) is 4.98 Å². The molecule has 0 aliphatic carbocycles. The maximum Gasteiger partial charge on any atom is 0.414 e. The second-order valence-corrected chi connectivity index (χ2v) is 7.86. The Balaban J connectivity index is 1.39. The summed E-state index contributed by atoms with van der Waals surface area (Å²) in [7, 11) is 0. The smallest absolute Gasteiger partial charge is 0.414 e. The summed E-state index contributed by atoms with van der Waals surface area (Å²) in [4.78, 5) is 18.3. The Morgan fingerprint density at radius 2 is 1.76 bits per heavy atom. The van der Waals surface area contributed by atoms with Crippen LogP contribution in [0.5, 0.6) is 11.5 Å². The van der Waals surface area contributed by atoms with Gasteiger partial charge in [-0.25, -0.2) is 9.78 Å². The van der Waals surface area contributed by atoms with Crippen LogP contribution in [-0.4, -0.2) is 24.2 Å². The van der Waals surface area contributed by atoms with E-state index in [2.05, 4.69) is 0 Å². The summed E-state index contributed by atoms with van der Waals surface area (Å²) >= 11 is 0. The molecule has 1 aromatic heterocycles. The largest absolute Gasteiger partial charge is 0.488 e. The summed E-state index contributed by atoms with van der Waals surface area (Å²) in [5.74, 6) is 1.48. The quantitative estimate of drug-likeness (QED) is 0.371. The molecule has 3 aromatic carbocycles. The lowest BCUT2D eigenvalue weighted by atomic mass is 10.1. The lowest BCUT2D eigenvalue weighted by Crippen LogP contribution is -2.23. The average Bonchev–Trinajstić information content (AvgIpc) is 3.29. The van der Waals surface area contributed by atoms with E-state index in [4.69, 9.17) is 19.2 Å². The van der Waals surface area contributed by atoms with Gasteiger partial charge in [-0.05, 0) is 36.8 Å². The van der Waals surface area contributed by atoms with Crippen molar-refractivity contribution in [3.05, 3.63) is 95.7 Å². The highest BCUT2D eigenvalue weighted by Crippen LogP contribution is 2.32. The number of pyridine rings is 1. The number of anilines is 1. The van der Waals surface area contributed by atoms with E-state index in [1.807, 2.05) is 85.8 Å². The van der Waals surface area contributed by atoms with Gasteiger partial charge in [0, 0.05) is 17.0 Å². The van der Waals surface area contributed by atoms with E-state index in [-0.39, 0.29) is 12.7 Å². The predicted octanol–water partition coefficient (Wildman–Crippen LogP) is 5.66. The highest BCUT2D eigenvalue weighted by atomic mass is 16.6. The molecule has 5 rings (SSSR count). The Labute approximate surface area is 192 Å². The molecule has 0 atom stereocenters. The van der Waals surface area contributed by atoms with E-state index < -0.39 is 0 Å². The van der Waals surface area contributed by atoms with Gasteiger partial charge >= 0.3 is 6.09 Å². The summed E-state index contributed by atoms with van der Waals surface area (Å²) in [5, 5.41) is 0.976. The second-order valence-electron chi connectivity index (χ2n) is 7.86. The average molecular weight is 440 g/mol. The van der Waals surface area contributed by atoms with Crippen LogP contribution >= 0.6 is 0 Å². The third-order valence-corrected chi connectivity index (χ3v) is 5.67.